The molecular formula is C24H16F2N4O. The number of amides is 1. The van der Waals surface area contributed by atoms with Gasteiger partial charge in [0.1, 0.15) is 23.9 Å². The molecule has 2 heterocycles. The van der Waals surface area contributed by atoms with Gasteiger partial charge < -0.3 is 5.32 Å². The van der Waals surface area contributed by atoms with Gasteiger partial charge in [0.2, 0.25) is 5.91 Å². The summed E-state index contributed by atoms with van der Waals surface area (Å²) in [7, 11) is 0. The van der Waals surface area contributed by atoms with Gasteiger partial charge in [0.25, 0.3) is 0 Å². The summed E-state index contributed by atoms with van der Waals surface area (Å²) in [5.74, 6) is -1.05. The van der Waals surface area contributed by atoms with E-state index in [1.165, 1.54) is 28.9 Å². The zero-order valence-corrected chi connectivity index (χ0v) is 16.2. The van der Waals surface area contributed by atoms with Crippen molar-refractivity contribution >= 4 is 33.4 Å². The van der Waals surface area contributed by atoms with E-state index in [-0.39, 0.29) is 18.3 Å². The van der Waals surface area contributed by atoms with E-state index in [1.54, 1.807) is 36.5 Å². The number of rotatable bonds is 4. The Kier molecular flexibility index (Phi) is 4.63. The number of nitrogens with one attached hydrogen (secondary N) is 1. The maximum absolute atomic E-state index is 14.0. The van der Waals surface area contributed by atoms with E-state index < -0.39 is 5.82 Å². The van der Waals surface area contributed by atoms with Gasteiger partial charge in [0.05, 0.1) is 11.0 Å². The predicted octanol–water partition coefficient (Wildman–Crippen LogP) is 5.17. The fourth-order valence-corrected chi connectivity index (χ4v) is 3.62. The van der Waals surface area contributed by atoms with Gasteiger partial charge in [-0.2, -0.15) is 5.10 Å². The molecule has 0 spiro atoms. The number of anilines is 1. The Morgan fingerprint density at radius 2 is 1.65 bits per heavy atom. The molecule has 0 unspecified atom stereocenters. The van der Waals surface area contributed by atoms with Crippen LogP contribution in [0.1, 0.15) is 0 Å². The lowest BCUT2D eigenvalue weighted by atomic mass is 10.1. The second-order valence-corrected chi connectivity index (χ2v) is 7.11. The van der Waals surface area contributed by atoms with Crippen molar-refractivity contribution in [3.8, 4) is 11.3 Å². The van der Waals surface area contributed by atoms with Crippen molar-refractivity contribution in [3.63, 3.8) is 0 Å². The van der Waals surface area contributed by atoms with E-state index >= 15 is 0 Å². The summed E-state index contributed by atoms with van der Waals surface area (Å²) < 4.78 is 29.0. The van der Waals surface area contributed by atoms with Gasteiger partial charge in [0.15, 0.2) is 0 Å². The fraction of sp³-hybridized carbons (Fsp3) is 0.0417. The molecule has 1 N–H and O–H groups in total. The highest BCUT2D eigenvalue weighted by Crippen LogP contribution is 2.32. The first-order valence-corrected chi connectivity index (χ1v) is 9.64. The average molecular weight is 414 g/mol. The van der Waals surface area contributed by atoms with Gasteiger partial charge in [-0.3, -0.25) is 14.5 Å². The molecule has 0 radical (unpaired) electrons. The maximum Gasteiger partial charge on any atom is 0.246 e. The van der Waals surface area contributed by atoms with E-state index in [0.717, 1.165) is 0 Å². The summed E-state index contributed by atoms with van der Waals surface area (Å²) in [5.41, 5.74) is 3.06. The zero-order chi connectivity index (χ0) is 21.4. The molecule has 0 fully saturated rings. The Hall–Kier alpha value is -4.13. The van der Waals surface area contributed by atoms with Crippen molar-refractivity contribution in [2.24, 2.45) is 0 Å². The first-order chi connectivity index (χ1) is 15.1. The molecule has 0 saturated heterocycles. The number of hydrogen-bond acceptors (Lipinski definition) is 3. The number of carbonyl (C=O) groups excluding carboxylic acids is 1. The lowest BCUT2D eigenvalue weighted by Gasteiger charge is -2.07. The maximum atomic E-state index is 14.0. The van der Waals surface area contributed by atoms with Gasteiger partial charge in [-0.1, -0.05) is 18.2 Å². The third-order valence-electron chi connectivity index (χ3n) is 5.00. The molecule has 5 nitrogen and oxygen atoms in total. The predicted molar refractivity (Wildman–Crippen MR) is 115 cm³/mol. The van der Waals surface area contributed by atoms with Crippen molar-refractivity contribution in [3.05, 3.63) is 90.6 Å². The second kappa shape index (κ2) is 7.60. The van der Waals surface area contributed by atoms with Crippen molar-refractivity contribution in [1.29, 1.82) is 0 Å². The van der Waals surface area contributed by atoms with Gasteiger partial charge in [-0.05, 0) is 54.6 Å². The Morgan fingerprint density at radius 1 is 0.903 bits per heavy atom. The fourth-order valence-electron chi connectivity index (χ4n) is 3.62. The van der Waals surface area contributed by atoms with Crippen LogP contribution in [0, 0.1) is 11.6 Å². The summed E-state index contributed by atoms with van der Waals surface area (Å²) in [6.45, 7) is -0.0811. The number of fused-ring (bicyclic) bond motifs is 3. The molecule has 2 aromatic heterocycles. The van der Waals surface area contributed by atoms with Crippen molar-refractivity contribution in [1.82, 2.24) is 14.8 Å². The average Bonchev–Trinajstić information content (AvgIpc) is 3.13. The molecule has 0 aliphatic carbocycles. The lowest BCUT2D eigenvalue weighted by Crippen LogP contribution is -2.19. The Morgan fingerprint density at radius 3 is 2.42 bits per heavy atom. The van der Waals surface area contributed by atoms with Crippen LogP contribution >= 0.6 is 0 Å². The molecule has 5 rings (SSSR count). The summed E-state index contributed by atoms with van der Waals surface area (Å²) in [6, 6.07) is 19.3. The van der Waals surface area contributed by atoms with Gasteiger partial charge in [-0.15, -0.1) is 0 Å². The highest BCUT2D eigenvalue weighted by Gasteiger charge is 2.18. The highest BCUT2D eigenvalue weighted by atomic mass is 19.1. The molecule has 0 atom stereocenters. The van der Waals surface area contributed by atoms with Crippen LogP contribution in [-0.2, 0) is 11.3 Å². The van der Waals surface area contributed by atoms with Crippen molar-refractivity contribution < 1.29 is 13.6 Å². The van der Waals surface area contributed by atoms with Crippen LogP contribution in [0.2, 0.25) is 0 Å². The molecule has 0 saturated carbocycles. The largest absolute Gasteiger partial charge is 0.324 e. The number of hydrogen-bond donors (Lipinski definition) is 1. The summed E-state index contributed by atoms with van der Waals surface area (Å²) in [4.78, 5) is 17.1. The molecule has 152 valence electrons. The third-order valence-corrected chi connectivity index (χ3v) is 5.00. The van der Waals surface area contributed by atoms with E-state index in [0.29, 0.717) is 38.8 Å². The SMILES string of the molecule is O=C(Cn1nc(-c2ccc(F)cc2)c2cnc3ccc(F)cc3c21)Nc1ccccc1. The molecular weight excluding hydrogens is 398 g/mol. The van der Waals surface area contributed by atoms with Crippen LogP contribution in [0.3, 0.4) is 0 Å². The normalized spacial score (nSPS) is 11.2. The number of benzene rings is 3. The Bertz CT molecular complexity index is 1410. The lowest BCUT2D eigenvalue weighted by molar-refractivity contribution is -0.116. The Balaban J connectivity index is 1.66. The van der Waals surface area contributed by atoms with Gasteiger partial charge in [-0.25, -0.2) is 8.78 Å². The smallest absolute Gasteiger partial charge is 0.246 e. The third kappa shape index (κ3) is 3.61. The van der Waals surface area contributed by atoms with Crippen LogP contribution in [0.4, 0.5) is 14.5 Å². The van der Waals surface area contributed by atoms with E-state index in [1.807, 2.05) is 18.2 Å². The van der Waals surface area contributed by atoms with Gasteiger partial charge >= 0.3 is 0 Å². The summed E-state index contributed by atoms with van der Waals surface area (Å²) in [5, 5.41) is 8.65. The highest BCUT2D eigenvalue weighted by molar-refractivity contribution is 6.08. The molecule has 0 bridgehead atoms. The standard InChI is InChI=1S/C24H16F2N4O/c25-16-8-6-15(7-9-16)23-20-13-27-21-11-10-17(26)12-19(21)24(20)30(29-23)14-22(31)28-18-4-2-1-3-5-18/h1-13H,14H2,(H,28,31). The summed E-state index contributed by atoms with van der Waals surface area (Å²) >= 11 is 0. The minimum absolute atomic E-state index is 0.0811. The minimum Gasteiger partial charge on any atom is -0.324 e. The number of nitrogens with zero attached hydrogens (tertiary/aromatic N) is 3. The number of halogens is 2. The molecule has 1 amide bonds. The van der Waals surface area contributed by atoms with Crippen LogP contribution in [0.5, 0.6) is 0 Å². The summed E-state index contributed by atoms with van der Waals surface area (Å²) in [6.07, 6.45) is 1.65. The topological polar surface area (TPSA) is 59.8 Å². The molecule has 7 heteroatoms. The minimum atomic E-state index is -0.411. The number of carbonyl (C=O) groups is 1. The molecule has 0 aliphatic rings. The second-order valence-electron chi connectivity index (χ2n) is 7.11. The van der Waals surface area contributed by atoms with Crippen LogP contribution in [0.25, 0.3) is 33.1 Å². The van der Waals surface area contributed by atoms with Gasteiger partial charge in [0, 0.05) is 28.2 Å². The van der Waals surface area contributed by atoms with Crippen molar-refractivity contribution in [2.45, 2.75) is 6.54 Å². The Labute approximate surface area is 176 Å². The first kappa shape index (κ1) is 18.9. The molecule has 5 aromatic rings. The molecule has 3 aromatic carbocycles. The number of pyridine rings is 1. The van der Waals surface area contributed by atoms with Crippen LogP contribution < -0.4 is 5.32 Å². The first-order valence-electron chi connectivity index (χ1n) is 9.64. The molecule has 0 aliphatic heterocycles. The van der Waals surface area contributed by atoms with Crippen LogP contribution in [0.15, 0.2) is 79.0 Å². The van der Waals surface area contributed by atoms with Crippen molar-refractivity contribution in [2.75, 3.05) is 5.32 Å². The number of aromatic nitrogens is 3. The van der Waals surface area contributed by atoms with E-state index in [9.17, 15) is 13.6 Å². The van der Waals surface area contributed by atoms with Crippen LogP contribution in [-0.4, -0.2) is 20.7 Å². The quantitative estimate of drug-likeness (QED) is 0.441. The zero-order valence-electron chi connectivity index (χ0n) is 16.2. The molecule has 31 heavy (non-hydrogen) atoms. The monoisotopic (exact) mass is 414 g/mol. The van der Waals surface area contributed by atoms with E-state index in [4.69, 9.17) is 0 Å². The number of para-hydroxylation sites is 1. The van der Waals surface area contributed by atoms with E-state index in [2.05, 4.69) is 15.4 Å².